The van der Waals surface area contributed by atoms with Crippen molar-refractivity contribution in [2.45, 2.75) is 51.7 Å². The minimum absolute atomic E-state index is 0.657. The predicted octanol–water partition coefficient (Wildman–Crippen LogP) is 3.56. The summed E-state index contributed by atoms with van der Waals surface area (Å²) < 4.78 is 0.657. The Balaban J connectivity index is 2.03. The van der Waals surface area contributed by atoms with E-state index in [0.717, 1.165) is 18.3 Å². The van der Waals surface area contributed by atoms with Gasteiger partial charge in [0.15, 0.2) is 4.47 Å². The van der Waals surface area contributed by atoms with Crippen molar-refractivity contribution in [3.63, 3.8) is 0 Å². The van der Waals surface area contributed by atoms with E-state index in [2.05, 4.69) is 29.1 Å². The van der Waals surface area contributed by atoms with E-state index in [-0.39, 0.29) is 0 Å². The molecule has 4 heteroatoms. The van der Waals surface area contributed by atoms with Crippen molar-refractivity contribution >= 4 is 22.9 Å². The Bertz CT molecular complexity index is 326. The van der Waals surface area contributed by atoms with Crippen molar-refractivity contribution in [1.82, 2.24) is 9.88 Å². The summed E-state index contributed by atoms with van der Waals surface area (Å²) in [4.78, 5) is 6.88. The van der Waals surface area contributed by atoms with Crippen LogP contribution in [-0.2, 0) is 6.54 Å². The average molecular weight is 245 g/mol. The minimum atomic E-state index is 0.657. The second-order valence-corrected chi connectivity index (χ2v) is 5.69. The van der Waals surface area contributed by atoms with Gasteiger partial charge in [-0.3, -0.25) is 4.90 Å². The lowest BCUT2D eigenvalue weighted by Crippen LogP contribution is -2.33. The van der Waals surface area contributed by atoms with E-state index in [1.807, 2.05) is 0 Å². The van der Waals surface area contributed by atoms with Gasteiger partial charge in [-0.1, -0.05) is 18.5 Å². The summed E-state index contributed by atoms with van der Waals surface area (Å²) in [5.41, 5.74) is 1.12. The third-order valence-electron chi connectivity index (χ3n) is 3.29. The molecule has 0 N–H and O–H groups in total. The smallest absolute Gasteiger partial charge is 0.183 e. The highest BCUT2D eigenvalue weighted by atomic mass is 35.5. The van der Waals surface area contributed by atoms with E-state index in [4.69, 9.17) is 11.6 Å². The molecule has 0 bridgehead atoms. The lowest BCUT2D eigenvalue weighted by Gasteiger charge is -2.26. The van der Waals surface area contributed by atoms with Crippen LogP contribution >= 0.6 is 22.9 Å². The Morgan fingerprint density at radius 1 is 1.60 bits per heavy atom. The lowest BCUT2D eigenvalue weighted by molar-refractivity contribution is 0.188. The van der Waals surface area contributed by atoms with Crippen LogP contribution in [0.1, 0.15) is 38.8 Å². The maximum absolute atomic E-state index is 5.84. The maximum Gasteiger partial charge on any atom is 0.183 e. The molecule has 84 valence electrons. The fourth-order valence-corrected chi connectivity index (χ4v) is 3.16. The van der Waals surface area contributed by atoms with Gasteiger partial charge in [-0.15, -0.1) is 11.3 Å². The zero-order chi connectivity index (χ0) is 10.8. The van der Waals surface area contributed by atoms with Crippen molar-refractivity contribution < 1.29 is 0 Å². The highest BCUT2D eigenvalue weighted by Crippen LogP contribution is 2.28. The van der Waals surface area contributed by atoms with Crippen LogP contribution in [0, 0.1) is 0 Å². The van der Waals surface area contributed by atoms with Crippen LogP contribution in [0.25, 0.3) is 0 Å². The van der Waals surface area contributed by atoms with Gasteiger partial charge in [0.2, 0.25) is 0 Å². The van der Waals surface area contributed by atoms with Gasteiger partial charge in [-0.25, -0.2) is 4.98 Å². The first-order valence-electron chi connectivity index (χ1n) is 5.56. The molecule has 0 aromatic carbocycles. The van der Waals surface area contributed by atoms with Crippen molar-refractivity contribution in [2.75, 3.05) is 0 Å². The van der Waals surface area contributed by atoms with E-state index in [1.165, 1.54) is 30.6 Å². The first kappa shape index (κ1) is 11.4. The van der Waals surface area contributed by atoms with Crippen LogP contribution in [0.3, 0.4) is 0 Å². The molecule has 2 nitrogen and oxygen atoms in total. The van der Waals surface area contributed by atoms with Crippen LogP contribution in [0.5, 0.6) is 0 Å². The molecule has 0 amide bonds. The van der Waals surface area contributed by atoms with Crippen molar-refractivity contribution in [3.8, 4) is 0 Å². The molecule has 0 spiro atoms. The minimum Gasteiger partial charge on any atom is -0.292 e. The molecule has 1 fully saturated rings. The maximum atomic E-state index is 5.84. The molecule has 2 unspecified atom stereocenters. The average Bonchev–Trinajstić information content (AvgIpc) is 2.76. The van der Waals surface area contributed by atoms with Crippen LogP contribution in [-0.4, -0.2) is 22.0 Å². The zero-order valence-electron chi connectivity index (χ0n) is 9.24. The van der Waals surface area contributed by atoms with Crippen molar-refractivity contribution in [2.24, 2.45) is 0 Å². The van der Waals surface area contributed by atoms with E-state index in [1.54, 1.807) is 0 Å². The number of hydrogen-bond donors (Lipinski definition) is 0. The molecule has 1 aliphatic rings. The van der Waals surface area contributed by atoms with Crippen LogP contribution in [0.4, 0.5) is 0 Å². The van der Waals surface area contributed by atoms with Crippen LogP contribution < -0.4 is 0 Å². The molecule has 1 saturated heterocycles. The van der Waals surface area contributed by atoms with Gasteiger partial charge in [0.25, 0.3) is 0 Å². The Morgan fingerprint density at radius 2 is 2.40 bits per heavy atom. The largest absolute Gasteiger partial charge is 0.292 e. The molecule has 0 saturated carbocycles. The summed E-state index contributed by atoms with van der Waals surface area (Å²) in [6.07, 6.45) is 3.88. The number of aromatic nitrogens is 1. The summed E-state index contributed by atoms with van der Waals surface area (Å²) in [5, 5.41) is 2.07. The quantitative estimate of drug-likeness (QED) is 0.808. The predicted molar refractivity (Wildman–Crippen MR) is 65.4 cm³/mol. The molecule has 2 atom stereocenters. The summed E-state index contributed by atoms with van der Waals surface area (Å²) in [5.74, 6) is 0. The molecule has 2 heterocycles. The number of rotatable bonds is 3. The van der Waals surface area contributed by atoms with Gasteiger partial charge in [-0.05, 0) is 26.2 Å². The van der Waals surface area contributed by atoms with Gasteiger partial charge in [0.1, 0.15) is 0 Å². The van der Waals surface area contributed by atoms with Gasteiger partial charge < -0.3 is 0 Å². The molecule has 15 heavy (non-hydrogen) atoms. The number of nitrogens with zero attached hydrogens (tertiary/aromatic N) is 2. The summed E-state index contributed by atoms with van der Waals surface area (Å²) in [7, 11) is 0. The topological polar surface area (TPSA) is 16.1 Å². The fraction of sp³-hybridized carbons (Fsp3) is 0.727. The number of hydrogen-bond acceptors (Lipinski definition) is 3. The van der Waals surface area contributed by atoms with Crippen molar-refractivity contribution in [3.05, 3.63) is 15.5 Å². The second kappa shape index (κ2) is 4.81. The lowest BCUT2D eigenvalue weighted by atomic mass is 10.1. The Hall–Kier alpha value is -0.120. The van der Waals surface area contributed by atoms with E-state index < -0.39 is 0 Å². The number of thiazole rings is 1. The third-order valence-corrected chi connectivity index (χ3v) is 4.32. The Kier molecular flexibility index (Phi) is 3.65. The van der Waals surface area contributed by atoms with E-state index in [0.29, 0.717) is 10.5 Å². The molecule has 1 aromatic rings. The first-order chi connectivity index (χ1) is 7.20. The van der Waals surface area contributed by atoms with Crippen LogP contribution in [0.15, 0.2) is 5.38 Å². The molecule has 1 aromatic heterocycles. The first-order valence-corrected chi connectivity index (χ1v) is 6.82. The Morgan fingerprint density at radius 3 is 3.00 bits per heavy atom. The molecular weight excluding hydrogens is 228 g/mol. The standard InChI is InChI=1S/C11H17ClN2S/c1-3-10-5-4-8(2)14(10)6-9-7-15-11(12)13-9/h7-8,10H,3-6H2,1-2H3. The fourth-order valence-electron chi connectivity index (χ4n) is 2.39. The highest BCUT2D eigenvalue weighted by Gasteiger charge is 2.29. The Labute approximate surface area is 100 Å². The monoisotopic (exact) mass is 244 g/mol. The summed E-state index contributed by atoms with van der Waals surface area (Å²) >= 11 is 7.37. The van der Waals surface area contributed by atoms with Gasteiger partial charge in [0, 0.05) is 24.0 Å². The van der Waals surface area contributed by atoms with E-state index in [9.17, 15) is 0 Å². The number of halogens is 1. The zero-order valence-corrected chi connectivity index (χ0v) is 10.8. The molecule has 1 aliphatic heterocycles. The van der Waals surface area contributed by atoms with Gasteiger partial charge in [0.05, 0.1) is 5.69 Å². The summed E-state index contributed by atoms with van der Waals surface area (Å²) in [6, 6.07) is 1.43. The molecule has 0 aliphatic carbocycles. The molecule has 0 radical (unpaired) electrons. The van der Waals surface area contributed by atoms with Crippen LogP contribution in [0.2, 0.25) is 4.47 Å². The SMILES string of the molecule is CCC1CCC(C)N1Cc1csc(Cl)n1. The number of likely N-dealkylation sites (tertiary alicyclic amines) is 1. The third kappa shape index (κ3) is 2.52. The second-order valence-electron chi connectivity index (χ2n) is 4.25. The summed E-state index contributed by atoms with van der Waals surface area (Å²) in [6.45, 7) is 5.54. The van der Waals surface area contributed by atoms with E-state index >= 15 is 0 Å². The molecule has 2 rings (SSSR count). The molecular formula is C11H17ClN2S. The highest BCUT2D eigenvalue weighted by molar-refractivity contribution is 7.13. The van der Waals surface area contributed by atoms with Crippen molar-refractivity contribution in [1.29, 1.82) is 0 Å². The van der Waals surface area contributed by atoms with Gasteiger partial charge >= 0.3 is 0 Å². The van der Waals surface area contributed by atoms with Gasteiger partial charge in [-0.2, -0.15) is 0 Å². The normalized spacial score (nSPS) is 27.4.